The van der Waals surface area contributed by atoms with Crippen LogP contribution in [0.4, 0.5) is 0 Å². The first-order chi connectivity index (χ1) is 12.9. The van der Waals surface area contributed by atoms with Gasteiger partial charge < -0.3 is 15.7 Å². The van der Waals surface area contributed by atoms with Gasteiger partial charge in [0.15, 0.2) is 0 Å². The van der Waals surface area contributed by atoms with Crippen LogP contribution in [0.25, 0.3) is 11.3 Å². The van der Waals surface area contributed by atoms with Crippen LogP contribution >= 0.6 is 0 Å². The predicted molar refractivity (Wildman–Crippen MR) is 99.6 cm³/mol. The largest absolute Gasteiger partial charge is 0.478 e. The van der Waals surface area contributed by atoms with Gasteiger partial charge in [-0.05, 0) is 50.5 Å². The highest BCUT2D eigenvalue weighted by atomic mass is 16.4. The van der Waals surface area contributed by atoms with Crippen molar-refractivity contribution >= 4 is 17.8 Å². The van der Waals surface area contributed by atoms with E-state index < -0.39 is 12.0 Å². The summed E-state index contributed by atoms with van der Waals surface area (Å²) in [5, 5.41) is 14.7. The van der Waals surface area contributed by atoms with Crippen LogP contribution in [0.5, 0.6) is 0 Å². The van der Waals surface area contributed by atoms with E-state index in [-0.39, 0.29) is 17.4 Å². The second kappa shape index (κ2) is 7.57. The standard InChI is InChI=1S/C20H21N3O4/c1-11-10-16(22-12(2)17(11)20(26)27)13-5-7-14(8-6-13)18(24)23-15-4-3-9-21-19(15)25/h5-8,10,15H,3-4,9H2,1-2H3,(H,21,25)(H,23,24)(H,26,27). The fraction of sp³-hybridized carbons (Fsp3) is 0.300. The first-order valence-electron chi connectivity index (χ1n) is 8.77. The molecule has 2 heterocycles. The lowest BCUT2D eigenvalue weighted by molar-refractivity contribution is -0.124. The molecule has 1 fully saturated rings. The number of pyridine rings is 1. The number of nitrogens with one attached hydrogen (secondary N) is 2. The van der Waals surface area contributed by atoms with Gasteiger partial charge in [0, 0.05) is 17.7 Å². The molecule has 0 saturated carbocycles. The molecule has 1 aromatic carbocycles. The Balaban J connectivity index is 1.78. The molecule has 1 atom stereocenters. The Kier molecular flexibility index (Phi) is 5.21. The molecule has 2 aromatic rings. The number of benzene rings is 1. The zero-order valence-electron chi connectivity index (χ0n) is 15.2. The van der Waals surface area contributed by atoms with Crippen LogP contribution in [0.1, 0.15) is 44.8 Å². The summed E-state index contributed by atoms with van der Waals surface area (Å²) < 4.78 is 0. The Labute approximate surface area is 156 Å². The molecular formula is C20H21N3O4. The molecule has 0 spiro atoms. The summed E-state index contributed by atoms with van der Waals surface area (Å²) in [6.45, 7) is 4.04. The minimum Gasteiger partial charge on any atom is -0.478 e. The smallest absolute Gasteiger partial charge is 0.337 e. The number of carbonyl (C=O) groups excluding carboxylic acids is 2. The number of carbonyl (C=O) groups is 3. The lowest BCUT2D eigenvalue weighted by atomic mass is 10.0. The summed E-state index contributed by atoms with van der Waals surface area (Å²) >= 11 is 0. The van der Waals surface area contributed by atoms with Gasteiger partial charge in [-0.2, -0.15) is 0 Å². The second-order valence-corrected chi connectivity index (χ2v) is 6.63. The molecule has 0 bridgehead atoms. The highest BCUT2D eigenvalue weighted by Crippen LogP contribution is 2.23. The van der Waals surface area contributed by atoms with Crippen molar-refractivity contribution in [3.8, 4) is 11.3 Å². The predicted octanol–water partition coefficient (Wildman–Crippen LogP) is 2.07. The summed E-state index contributed by atoms with van der Waals surface area (Å²) in [5.74, 6) is -1.45. The second-order valence-electron chi connectivity index (χ2n) is 6.63. The van der Waals surface area contributed by atoms with Crippen LogP contribution in [0.2, 0.25) is 0 Å². The van der Waals surface area contributed by atoms with Gasteiger partial charge in [-0.3, -0.25) is 14.6 Å². The van der Waals surface area contributed by atoms with Crippen LogP contribution < -0.4 is 10.6 Å². The Hall–Kier alpha value is -3.22. The van der Waals surface area contributed by atoms with Crippen molar-refractivity contribution in [2.75, 3.05) is 6.54 Å². The van der Waals surface area contributed by atoms with E-state index in [4.69, 9.17) is 0 Å². The van der Waals surface area contributed by atoms with E-state index in [9.17, 15) is 19.5 Å². The van der Waals surface area contributed by atoms with E-state index in [1.807, 2.05) is 0 Å². The number of aryl methyl sites for hydroxylation is 2. The number of amides is 2. The van der Waals surface area contributed by atoms with Gasteiger partial charge in [0.25, 0.3) is 5.91 Å². The highest BCUT2D eigenvalue weighted by molar-refractivity contribution is 5.98. The third kappa shape index (κ3) is 3.97. The molecule has 2 amide bonds. The quantitative estimate of drug-likeness (QED) is 0.767. The number of hydrogen-bond acceptors (Lipinski definition) is 4. The molecule has 0 aliphatic carbocycles. The van der Waals surface area contributed by atoms with Gasteiger partial charge >= 0.3 is 5.97 Å². The van der Waals surface area contributed by atoms with Gasteiger partial charge in [0.2, 0.25) is 5.91 Å². The fourth-order valence-corrected chi connectivity index (χ4v) is 3.25. The third-order valence-electron chi connectivity index (χ3n) is 4.64. The monoisotopic (exact) mass is 367 g/mol. The van der Waals surface area contributed by atoms with E-state index in [0.717, 1.165) is 12.0 Å². The van der Waals surface area contributed by atoms with Crippen molar-refractivity contribution in [1.29, 1.82) is 0 Å². The molecule has 140 valence electrons. The summed E-state index contributed by atoms with van der Waals surface area (Å²) in [6, 6.07) is 8.08. The van der Waals surface area contributed by atoms with Crippen LogP contribution in [-0.2, 0) is 4.79 Å². The number of carboxylic acids is 1. The normalized spacial score (nSPS) is 16.5. The van der Waals surface area contributed by atoms with Gasteiger partial charge in [-0.25, -0.2) is 4.79 Å². The van der Waals surface area contributed by atoms with E-state index in [0.29, 0.717) is 35.5 Å². The fourth-order valence-electron chi connectivity index (χ4n) is 3.25. The van der Waals surface area contributed by atoms with E-state index >= 15 is 0 Å². The number of rotatable bonds is 4. The first-order valence-corrected chi connectivity index (χ1v) is 8.77. The molecule has 27 heavy (non-hydrogen) atoms. The molecule has 1 aliphatic heterocycles. The minimum absolute atomic E-state index is 0.153. The maximum atomic E-state index is 12.4. The van der Waals surface area contributed by atoms with Crippen LogP contribution in [0.3, 0.4) is 0 Å². The van der Waals surface area contributed by atoms with Crippen molar-refractivity contribution in [2.24, 2.45) is 0 Å². The number of carboxylic acid groups (broad SMARTS) is 1. The maximum Gasteiger partial charge on any atom is 0.337 e. The zero-order valence-corrected chi connectivity index (χ0v) is 15.2. The molecular weight excluding hydrogens is 346 g/mol. The molecule has 0 radical (unpaired) electrons. The molecule has 7 nitrogen and oxygen atoms in total. The topological polar surface area (TPSA) is 108 Å². The molecule has 1 saturated heterocycles. The van der Waals surface area contributed by atoms with Crippen molar-refractivity contribution in [2.45, 2.75) is 32.7 Å². The third-order valence-corrected chi connectivity index (χ3v) is 4.64. The molecule has 1 unspecified atom stereocenters. The average Bonchev–Trinajstić information content (AvgIpc) is 2.63. The zero-order chi connectivity index (χ0) is 19.6. The molecule has 3 rings (SSSR count). The average molecular weight is 367 g/mol. The number of hydrogen-bond donors (Lipinski definition) is 3. The van der Waals surface area contributed by atoms with Crippen LogP contribution in [0.15, 0.2) is 30.3 Å². The summed E-state index contributed by atoms with van der Waals surface area (Å²) in [4.78, 5) is 39.8. The highest BCUT2D eigenvalue weighted by Gasteiger charge is 2.24. The van der Waals surface area contributed by atoms with Crippen molar-refractivity contribution in [3.05, 3.63) is 52.7 Å². The molecule has 1 aromatic heterocycles. The summed E-state index contributed by atoms with van der Waals surface area (Å²) in [5.41, 5.74) is 3.17. The van der Waals surface area contributed by atoms with Crippen molar-refractivity contribution in [1.82, 2.24) is 15.6 Å². The number of aromatic nitrogens is 1. The number of aromatic carboxylic acids is 1. The SMILES string of the molecule is Cc1cc(-c2ccc(C(=O)NC3CCCNC3=O)cc2)nc(C)c1C(=O)O. The van der Waals surface area contributed by atoms with E-state index in [1.54, 1.807) is 44.2 Å². The summed E-state index contributed by atoms with van der Waals surface area (Å²) in [6.07, 6.45) is 1.47. The Bertz CT molecular complexity index is 883. The van der Waals surface area contributed by atoms with E-state index in [2.05, 4.69) is 15.6 Å². The Morgan fingerprint density at radius 1 is 1.22 bits per heavy atom. The maximum absolute atomic E-state index is 12.4. The van der Waals surface area contributed by atoms with Gasteiger partial charge in [-0.15, -0.1) is 0 Å². The van der Waals surface area contributed by atoms with Gasteiger partial charge in [0.1, 0.15) is 6.04 Å². The lowest BCUT2D eigenvalue weighted by Gasteiger charge is -2.22. The Morgan fingerprint density at radius 2 is 1.93 bits per heavy atom. The molecule has 3 N–H and O–H groups in total. The minimum atomic E-state index is -0.997. The Morgan fingerprint density at radius 3 is 2.52 bits per heavy atom. The van der Waals surface area contributed by atoms with Crippen molar-refractivity contribution in [3.63, 3.8) is 0 Å². The number of nitrogens with zero attached hydrogens (tertiary/aromatic N) is 1. The summed E-state index contributed by atoms with van der Waals surface area (Å²) in [7, 11) is 0. The molecule has 7 heteroatoms. The van der Waals surface area contributed by atoms with Crippen molar-refractivity contribution < 1.29 is 19.5 Å². The van der Waals surface area contributed by atoms with E-state index in [1.165, 1.54) is 0 Å². The lowest BCUT2D eigenvalue weighted by Crippen LogP contribution is -2.50. The first kappa shape index (κ1) is 18.6. The van der Waals surface area contributed by atoms with Crippen LogP contribution in [0, 0.1) is 13.8 Å². The van der Waals surface area contributed by atoms with Gasteiger partial charge in [-0.1, -0.05) is 12.1 Å². The molecule has 1 aliphatic rings. The van der Waals surface area contributed by atoms with Crippen LogP contribution in [-0.4, -0.2) is 40.5 Å². The van der Waals surface area contributed by atoms with Gasteiger partial charge in [0.05, 0.1) is 17.0 Å². The number of piperidine rings is 1.